The van der Waals surface area contributed by atoms with Crippen molar-refractivity contribution in [3.8, 4) is 5.75 Å². The molecule has 1 heterocycles. The molecule has 110 valence electrons. The van der Waals surface area contributed by atoms with Gasteiger partial charge < -0.3 is 15.2 Å². The van der Waals surface area contributed by atoms with Crippen molar-refractivity contribution in [3.05, 3.63) is 47.1 Å². The van der Waals surface area contributed by atoms with E-state index < -0.39 is 5.97 Å². The number of hydrogen-bond donors (Lipinski definition) is 2. The van der Waals surface area contributed by atoms with Crippen LogP contribution in [-0.2, 0) is 0 Å². The molecule has 0 amide bonds. The first-order valence-electron chi connectivity index (χ1n) is 6.49. The summed E-state index contributed by atoms with van der Waals surface area (Å²) in [7, 11) is 0. The molecule has 2 aromatic rings. The van der Waals surface area contributed by atoms with Gasteiger partial charge >= 0.3 is 5.97 Å². The van der Waals surface area contributed by atoms with Gasteiger partial charge in [0.25, 0.3) is 0 Å². The van der Waals surface area contributed by atoms with Crippen molar-refractivity contribution in [2.24, 2.45) is 0 Å². The Morgan fingerprint density at radius 3 is 2.67 bits per heavy atom. The van der Waals surface area contributed by atoms with Crippen LogP contribution in [0.15, 0.2) is 36.4 Å². The molecule has 0 atom stereocenters. The molecule has 0 radical (unpaired) electrons. The number of nitrogens with one attached hydrogen (secondary N) is 1. The third-order valence-electron chi connectivity index (χ3n) is 2.64. The highest BCUT2D eigenvalue weighted by molar-refractivity contribution is 6.29. The maximum atomic E-state index is 11.0. The highest BCUT2D eigenvalue weighted by Gasteiger charge is 2.07. The average Bonchev–Trinajstić information content (AvgIpc) is 2.46. The quantitative estimate of drug-likeness (QED) is 0.790. The molecule has 5 nitrogen and oxygen atoms in total. The Morgan fingerprint density at radius 1 is 1.33 bits per heavy atom. The number of anilines is 2. The lowest BCUT2D eigenvalue weighted by Gasteiger charge is -2.09. The van der Waals surface area contributed by atoms with E-state index in [0.29, 0.717) is 12.4 Å². The van der Waals surface area contributed by atoms with E-state index in [1.54, 1.807) is 0 Å². The van der Waals surface area contributed by atoms with Gasteiger partial charge in [-0.2, -0.15) is 0 Å². The normalized spacial score (nSPS) is 10.2. The van der Waals surface area contributed by atoms with E-state index in [1.807, 2.05) is 31.2 Å². The summed E-state index contributed by atoms with van der Waals surface area (Å²) in [6.45, 7) is 2.71. The number of rotatable bonds is 6. The molecule has 1 aromatic heterocycles. The molecule has 2 rings (SSSR count). The Balaban J connectivity index is 2.12. The fourth-order valence-electron chi connectivity index (χ4n) is 1.69. The fourth-order valence-corrected chi connectivity index (χ4v) is 1.90. The molecule has 1 aromatic carbocycles. The maximum Gasteiger partial charge on any atom is 0.335 e. The number of ether oxygens (including phenoxy) is 1. The Hall–Kier alpha value is -2.27. The third kappa shape index (κ3) is 4.36. The molecule has 0 unspecified atom stereocenters. The molecule has 21 heavy (non-hydrogen) atoms. The van der Waals surface area contributed by atoms with Gasteiger partial charge in [0, 0.05) is 5.69 Å². The number of carbonyl (C=O) groups is 1. The number of hydrogen-bond acceptors (Lipinski definition) is 4. The zero-order chi connectivity index (χ0) is 15.2. The summed E-state index contributed by atoms with van der Waals surface area (Å²) in [6, 6.07) is 10.1. The van der Waals surface area contributed by atoms with Crippen LogP contribution in [0.25, 0.3) is 0 Å². The summed E-state index contributed by atoms with van der Waals surface area (Å²) in [5, 5.41) is 12.1. The lowest BCUT2D eigenvalue weighted by atomic mass is 10.2. The lowest BCUT2D eigenvalue weighted by molar-refractivity contribution is 0.0697. The van der Waals surface area contributed by atoms with Gasteiger partial charge in [-0.3, -0.25) is 0 Å². The van der Waals surface area contributed by atoms with Gasteiger partial charge in [-0.15, -0.1) is 0 Å². The molecule has 0 bridgehead atoms. The zero-order valence-corrected chi connectivity index (χ0v) is 12.2. The largest absolute Gasteiger partial charge is 0.494 e. The van der Waals surface area contributed by atoms with Crippen molar-refractivity contribution in [2.75, 3.05) is 11.9 Å². The van der Waals surface area contributed by atoms with Crippen LogP contribution in [0, 0.1) is 0 Å². The topological polar surface area (TPSA) is 71.5 Å². The van der Waals surface area contributed by atoms with Gasteiger partial charge in [-0.05, 0) is 42.8 Å². The minimum Gasteiger partial charge on any atom is -0.494 e. The Labute approximate surface area is 127 Å². The molecule has 0 aliphatic heterocycles. The average molecular weight is 307 g/mol. The van der Waals surface area contributed by atoms with Gasteiger partial charge in [0.1, 0.15) is 16.7 Å². The molecule has 6 heteroatoms. The van der Waals surface area contributed by atoms with Crippen LogP contribution in [-0.4, -0.2) is 22.7 Å². The number of aromatic nitrogens is 1. The van der Waals surface area contributed by atoms with Gasteiger partial charge in [0.05, 0.1) is 12.2 Å². The van der Waals surface area contributed by atoms with Crippen LogP contribution in [0.4, 0.5) is 11.5 Å². The summed E-state index contributed by atoms with van der Waals surface area (Å²) >= 11 is 5.81. The van der Waals surface area contributed by atoms with Crippen LogP contribution in [0.1, 0.15) is 23.7 Å². The second kappa shape index (κ2) is 6.95. The summed E-state index contributed by atoms with van der Waals surface area (Å²) < 4.78 is 5.49. The first-order chi connectivity index (χ1) is 10.1. The van der Waals surface area contributed by atoms with E-state index in [2.05, 4.69) is 10.3 Å². The minimum atomic E-state index is -1.05. The van der Waals surface area contributed by atoms with E-state index in [4.69, 9.17) is 21.4 Å². The van der Waals surface area contributed by atoms with E-state index in [-0.39, 0.29) is 10.7 Å². The number of halogens is 1. The predicted molar refractivity (Wildman–Crippen MR) is 81.7 cm³/mol. The SMILES string of the molecule is CCCOc1ccc(Nc2cc(C(=O)O)cc(Cl)n2)cc1. The second-order valence-electron chi connectivity index (χ2n) is 4.37. The molecule has 0 spiro atoms. The molecule has 0 fully saturated rings. The van der Waals surface area contributed by atoms with E-state index in [0.717, 1.165) is 17.9 Å². The van der Waals surface area contributed by atoms with Crippen LogP contribution in [0.2, 0.25) is 5.15 Å². The second-order valence-corrected chi connectivity index (χ2v) is 4.75. The lowest BCUT2D eigenvalue weighted by Crippen LogP contribution is -2.01. The van der Waals surface area contributed by atoms with E-state index in [9.17, 15) is 4.79 Å². The smallest absolute Gasteiger partial charge is 0.335 e. The zero-order valence-electron chi connectivity index (χ0n) is 11.5. The highest BCUT2D eigenvalue weighted by Crippen LogP contribution is 2.21. The molecule has 0 aliphatic rings. The van der Waals surface area contributed by atoms with E-state index >= 15 is 0 Å². The number of benzene rings is 1. The van der Waals surface area contributed by atoms with Crippen molar-refractivity contribution in [1.82, 2.24) is 4.98 Å². The highest BCUT2D eigenvalue weighted by atomic mass is 35.5. The monoisotopic (exact) mass is 306 g/mol. The molecular formula is C15H15ClN2O3. The van der Waals surface area contributed by atoms with Crippen molar-refractivity contribution in [2.45, 2.75) is 13.3 Å². The summed E-state index contributed by atoms with van der Waals surface area (Å²) in [4.78, 5) is 15.0. The van der Waals surface area contributed by atoms with Gasteiger partial charge in [-0.25, -0.2) is 9.78 Å². The Kier molecular flexibility index (Phi) is 5.00. The van der Waals surface area contributed by atoms with Crippen LogP contribution in [0.3, 0.4) is 0 Å². The number of pyridine rings is 1. The van der Waals surface area contributed by atoms with Gasteiger partial charge in [0.15, 0.2) is 0 Å². The molecule has 0 aliphatic carbocycles. The number of nitrogens with zero attached hydrogens (tertiary/aromatic N) is 1. The molecule has 0 saturated carbocycles. The van der Waals surface area contributed by atoms with Crippen molar-refractivity contribution >= 4 is 29.1 Å². The Bertz CT molecular complexity index is 629. The van der Waals surface area contributed by atoms with Crippen molar-refractivity contribution in [1.29, 1.82) is 0 Å². The molecular weight excluding hydrogens is 292 g/mol. The summed E-state index contributed by atoms with van der Waals surface area (Å²) in [5.41, 5.74) is 0.852. The molecule has 0 saturated heterocycles. The first kappa shape index (κ1) is 15.1. The van der Waals surface area contributed by atoms with Crippen LogP contribution < -0.4 is 10.1 Å². The van der Waals surface area contributed by atoms with Gasteiger partial charge in [0.2, 0.25) is 0 Å². The van der Waals surface area contributed by atoms with Crippen molar-refractivity contribution < 1.29 is 14.6 Å². The van der Waals surface area contributed by atoms with Crippen molar-refractivity contribution in [3.63, 3.8) is 0 Å². The predicted octanol–water partition coefficient (Wildman–Crippen LogP) is 3.97. The maximum absolute atomic E-state index is 11.0. The van der Waals surface area contributed by atoms with Gasteiger partial charge in [-0.1, -0.05) is 18.5 Å². The number of aromatic carboxylic acids is 1. The fraction of sp³-hybridized carbons (Fsp3) is 0.200. The summed E-state index contributed by atoms with van der Waals surface area (Å²) in [5.74, 6) is 0.112. The first-order valence-corrected chi connectivity index (χ1v) is 6.87. The van der Waals surface area contributed by atoms with Crippen LogP contribution in [0.5, 0.6) is 5.75 Å². The third-order valence-corrected chi connectivity index (χ3v) is 2.83. The van der Waals surface area contributed by atoms with E-state index in [1.165, 1.54) is 12.1 Å². The minimum absolute atomic E-state index is 0.0837. The summed E-state index contributed by atoms with van der Waals surface area (Å²) in [6.07, 6.45) is 0.949. The van der Waals surface area contributed by atoms with Crippen LogP contribution >= 0.6 is 11.6 Å². The molecule has 2 N–H and O–H groups in total. The number of carboxylic acids is 1. The Morgan fingerprint density at radius 2 is 2.05 bits per heavy atom. The number of carboxylic acid groups (broad SMARTS) is 1. The standard InChI is InChI=1S/C15H15ClN2O3/c1-2-7-21-12-5-3-11(4-6-12)17-14-9-10(15(19)20)8-13(16)18-14/h3-6,8-9H,2,7H2,1H3,(H,17,18)(H,19,20).